The lowest BCUT2D eigenvalue weighted by molar-refractivity contribution is 0.178. The van der Waals surface area contributed by atoms with Crippen LogP contribution in [0.5, 0.6) is 0 Å². The van der Waals surface area contributed by atoms with Crippen molar-refractivity contribution in [1.29, 1.82) is 0 Å². The molecule has 0 spiro atoms. The second kappa shape index (κ2) is 7.43. The molecule has 1 aromatic heterocycles. The molecule has 5 heteroatoms. The average molecular weight is 278 g/mol. The topological polar surface area (TPSA) is 50.3 Å². The van der Waals surface area contributed by atoms with Crippen LogP contribution in [0, 0.1) is 0 Å². The Kier molecular flexibility index (Phi) is 5.59. The summed E-state index contributed by atoms with van der Waals surface area (Å²) in [6, 6.07) is 2.64. The number of nitrogens with one attached hydrogen (secondary N) is 1. The summed E-state index contributed by atoms with van der Waals surface area (Å²) >= 11 is 0. The van der Waals surface area contributed by atoms with Gasteiger partial charge in [-0.2, -0.15) is 0 Å². The Hall–Kier alpha value is -1.36. The Morgan fingerprint density at radius 3 is 2.70 bits per heavy atom. The van der Waals surface area contributed by atoms with Crippen LogP contribution in [0.15, 0.2) is 6.07 Å². The Labute approximate surface area is 121 Å². The molecule has 1 aromatic rings. The van der Waals surface area contributed by atoms with Crippen LogP contribution < -0.4 is 10.2 Å². The first-order valence-electron chi connectivity index (χ1n) is 7.58. The summed E-state index contributed by atoms with van der Waals surface area (Å²) in [5.41, 5.74) is 0. The van der Waals surface area contributed by atoms with E-state index in [-0.39, 0.29) is 0 Å². The van der Waals surface area contributed by atoms with Crippen molar-refractivity contribution in [2.24, 2.45) is 0 Å². The van der Waals surface area contributed by atoms with Crippen LogP contribution in [0.25, 0.3) is 0 Å². The highest BCUT2D eigenvalue weighted by Gasteiger charge is 2.20. The monoisotopic (exact) mass is 278 g/mol. The highest BCUT2D eigenvalue weighted by atomic mass is 16.5. The van der Waals surface area contributed by atoms with Crippen LogP contribution in [-0.2, 0) is 11.3 Å². The van der Waals surface area contributed by atoms with E-state index in [4.69, 9.17) is 4.74 Å². The molecule has 1 aliphatic rings. The van der Waals surface area contributed by atoms with Crippen LogP contribution in [0.3, 0.4) is 0 Å². The van der Waals surface area contributed by atoms with Crippen molar-refractivity contribution in [2.75, 3.05) is 30.9 Å². The van der Waals surface area contributed by atoms with Gasteiger partial charge in [-0.05, 0) is 19.8 Å². The van der Waals surface area contributed by atoms with E-state index in [1.54, 1.807) is 7.11 Å². The van der Waals surface area contributed by atoms with Crippen molar-refractivity contribution in [3.63, 3.8) is 0 Å². The normalized spacial score (nSPS) is 16.1. The van der Waals surface area contributed by atoms with Crippen molar-refractivity contribution in [2.45, 2.75) is 51.7 Å². The van der Waals surface area contributed by atoms with Gasteiger partial charge in [0.25, 0.3) is 0 Å². The molecule has 1 aliphatic carbocycles. The van der Waals surface area contributed by atoms with Crippen LogP contribution >= 0.6 is 0 Å². The number of nitrogens with zero attached hydrogens (tertiary/aromatic N) is 3. The average Bonchev–Trinajstić information content (AvgIpc) is 2.48. The highest BCUT2D eigenvalue weighted by Crippen LogP contribution is 2.26. The Bertz CT molecular complexity index is 394. The number of hydrogen-bond donors (Lipinski definition) is 1. The van der Waals surface area contributed by atoms with Crippen LogP contribution in [-0.4, -0.2) is 36.7 Å². The molecule has 0 aromatic carbocycles. The maximum atomic E-state index is 5.17. The van der Waals surface area contributed by atoms with E-state index in [1.165, 1.54) is 32.1 Å². The van der Waals surface area contributed by atoms with Gasteiger partial charge in [-0.1, -0.05) is 19.3 Å². The molecule has 1 fully saturated rings. The van der Waals surface area contributed by atoms with Gasteiger partial charge in [0.1, 0.15) is 18.2 Å². The number of anilines is 2. The lowest BCUT2D eigenvalue weighted by atomic mass is 9.94. The predicted octanol–water partition coefficient (Wildman–Crippen LogP) is 2.82. The van der Waals surface area contributed by atoms with Crippen LogP contribution in [0.2, 0.25) is 0 Å². The fourth-order valence-electron chi connectivity index (χ4n) is 2.78. The lowest BCUT2D eigenvalue weighted by Crippen LogP contribution is -2.34. The molecule has 0 amide bonds. The van der Waals surface area contributed by atoms with E-state index in [1.807, 2.05) is 6.07 Å². The molecule has 1 heterocycles. The maximum Gasteiger partial charge on any atom is 0.158 e. The van der Waals surface area contributed by atoms with E-state index < -0.39 is 0 Å². The van der Waals surface area contributed by atoms with Gasteiger partial charge in [0.2, 0.25) is 0 Å². The first kappa shape index (κ1) is 15.0. The highest BCUT2D eigenvalue weighted by molar-refractivity contribution is 5.49. The third-order valence-electron chi connectivity index (χ3n) is 3.87. The summed E-state index contributed by atoms with van der Waals surface area (Å²) in [4.78, 5) is 11.4. The SMILES string of the molecule is CCNc1cc(N(C)C2CCCCC2)nc(COC)n1. The van der Waals surface area contributed by atoms with Crippen molar-refractivity contribution >= 4 is 11.6 Å². The van der Waals surface area contributed by atoms with Crippen LogP contribution in [0.4, 0.5) is 11.6 Å². The van der Waals surface area contributed by atoms with Crippen molar-refractivity contribution in [3.05, 3.63) is 11.9 Å². The first-order chi connectivity index (χ1) is 9.74. The fourth-order valence-corrected chi connectivity index (χ4v) is 2.78. The zero-order chi connectivity index (χ0) is 14.4. The number of aromatic nitrogens is 2. The molecule has 5 nitrogen and oxygen atoms in total. The van der Waals surface area contributed by atoms with E-state index in [0.717, 1.165) is 24.0 Å². The van der Waals surface area contributed by atoms with E-state index in [0.29, 0.717) is 12.6 Å². The fraction of sp³-hybridized carbons (Fsp3) is 0.733. The molecule has 20 heavy (non-hydrogen) atoms. The second-order valence-corrected chi connectivity index (χ2v) is 5.39. The van der Waals surface area contributed by atoms with E-state index >= 15 is 0 Å². The van der Waals surface area contributed by atoms with Crippen molar-refractivity contribution in [3.8, 4) is 0 Å². The number of rotatable bonds is 6. The van der Waals surface area contributed by atoms with Gasteiger partial charge in [-0.3, -0.25) is 0 Å². The summed E-state index contributed by atoms with van der Waals surface area (Å²) in [7, 11) is 3.82. The predicted molar refractivity (Wildman–Crippen MR) is 82.2 cm³/mol. The number of hydrogen-bond acceptors (Lipinski definition) is 5. The Morgan fingerprint density at radius 2 is 2.05 bits per heavy atom. The van der Waals surface area contributed by atoms with Gasteiger partial charge in [-0.25, -0.2) is 9.97 Å². The lowest BCUT2D eigenvalue weighted by Gasteiger charge is -2.32. The van der Waals surface area contributed by atoms with Crippen molar-refractivity contribution in [1.82, 2.24) is 9.97 Å². The standard InChI is InChI=1S/C15H26N4O/c1-4-16-13-10-15(18-14(17-13)11-20-3)19(2)12-8-6-5-7-9-12/h10,12H,4-9,11H2,1-3H3,(H,16,17,18). The summed E-state index contributed by atoms with van der Waals surface area (Å²) in [6.07, 6.45) is 6.54. The van der Waals surface area contributed by atoms with Gasteiger partial charge in [0.15, 0.2) is 5.82 Å². The molecule has 112 valence electrons. The Balaban J connectivity index is 2.19. The molecule has 1 N–H and O–H groups in total. The van der Waals surface area contributed by atoms with Crippen molar-refractivity contribution < 1.29 is 4.74 Å². The van der Waals surface area contributed by atoms with E-state index in [9.17, 15) is 0 Å². The maximum absolute atomic E-state index is 5.17. The summed E-state index contributed by atoms with van der Waals surface area (Å²) in [6.45, 7) is 3.38. The summed E-state index contributed by atoms with van der Waals surface area (Å²) < 4.78 is 5.17. The number of ether oxygens (including phenoxy) is 1. The van der Waals surface area contributed by atoms with E-state index in [2.05, 4.69) is 34.2 Å². The zero-order valence-corrected chi connectivity index (χ0v) is 12.9. The van der Waals surface area contributed by atoms with Gasteiger partial charge in [0, 0.05) is 32.8 Å². The smallest absolute Gasteiger partial charge is 0.158 e. The molecule has 0 atom stereocenters. The first-order valence-corrected chi connectivity index (χ1v) is 7.58. The minimum absolute atomic E-state index is 0.449. The van der Waals surface area contributed by atoms with Gasteiger partial charge < -0.3 is 15.0 Å². The summed E-state index contributed by atoms with van der Waals surface area (Å²) in [5, 5.41) is 3.27. The zero-order valence-electron chi connectivity index (χ0n) is 12.9. The minimum atomic E-state index is 0.449. The second-order valence-electron chi connectivity index (χ2n) is 5.39. The van der Waals surface area contributed by atoms with Gasteiger partial charge >= 0.3 is 0 Å². The molecular weight excluding hydrogens is 252 g/mol. The van der Waals surface area contributed by atoms with Gasteiger partial charge in [-0.15, -0.1) is 0 Å². The summed E-state index contributed by atoms with van der Waals surface area (Å²) in [5.74, 6) is 2.62. The van der Waals surface area contributed by atoms with Crippen LogP contribution in [0.1, 0.15) is 44.9 Å². The molecule has 0 saturated heterocycles. The molecule has 0 radical (unpaired) electrons. The molecule has 2 rings (SSSR count). The third-order valence-corrected chi connectivity index (χ3v) is 3.87. The largest absolute Gasteiger partial charge is 0.377 e. The minimum Gasteiger partial charge on any atom is -0.377 e. The quantitative estimate of drug-likeness (QED) is 0.867. The molecular formula is C15H26N4O. The van der Waals surface area contributed by atoms with Gasteiger partial charge in [0.05, 0.1) is 0 Å². The molecule has 0 aliphatic heterocycles. The Morgan fingerprint density at radius 1 is 1.30 bits per heavy atom. The molecule has 1 saturated carbocycles. The molecule has 0 bridgehead atoms. The number of methoxy groups -OCH3 is 1. The third kappa shape index (κ3) is 3.82. The molecule has 0 unspecified atom stereocenters.